The molecule has 5 heteroatoms. The van der Waals surface area contributed by atoms with Crippen LogP contribution < -0.4 is 4.90 Å². The van der Waals surface area contributed by atoms with E-state index in [2.05, 4.69) is 109 Å². The van der Waals surface area contributed by atoms with Crippen LogP contribution in [0.15, 0.2) is 127 Å². The minimum Gasteiger partial charge on any atom is -0.485 e. The molecule has 0 saturated carbocycles. The lowest BCUT2D eigenvalue weighted by molar-refractivity contribution is 0.0983. The fourth-order valence-electron chi connectivity index (χ4n) is 6.79. The van der Waals surface area contributed by atoms with E-state index in [4.69, 9.17) is 4.74 Å². The zero-order valence-corrected chi connectivity index (χ0v) is 23.9. The number of anilines is 3. The maximum Gasteiger partial charge on any atom is 0.215 e. The van der Waals surface area contributed by atoms with E-state index in [-0.39, 0.29) is 34.4 Å². The van der Waals surface area contributed by atoms with Crippen molar-refractivity contribution in [2.75, 3.05) is 4.90 Å². The van der Waals surface area contributed by atoms with Crippen LogP contribution in [0.5, 0.6) is 0 Å². The SMILES string of the molecule is CC1(C)C2=C(OC(/C=C3\C(=O)c4cccnc4C3=O)C2)c2ccc(N(c3ccccc3)c3ccc4ccccc4c3)cc21. The summed E-state index contributed by atoms with van der Waals surface area (Å²) in [6, 6.07) is 35.3. The van der Waals surface area contributed by atoms with Crippen molar-refractivity contribution in [1.82, 2.24) is 4.98 Å². The Labute approximate surface area is 249 Å². The molecule has 4 aromatic carbocycles. The van der Waals surface area contributed by atoms with Crippen molar-refractivity contribution in [3.8, 4) is 0 Å². The second kappa shape index (κ2) is 9.36. The third kappa shape index (κ3) is 3.88. The first-order chi connectivity index (χ1) is 20.9. The summed E-state index contributed by atoms with van der Waals surface area (Å²) in [4.78, 5) is 32.4. The normalized spacial score (nSPS) is 19.0. The molecule has 3 aliphatic rings. The van der Waals surface area contributed by atoms with E-state index < -0.39 is 0 Å². The molecule has 5 aromatic rings. The lowest BCUT2D eigenvalue weighted by Crippen LogP contribution is -2.20. The van der Waals surface area contributed by atoms with E-state index in [0.29, 0.717) is 12.0 Å². The summed E-state index contributed by atoms with van der Waals surface area (Å²) in [5.41, 5.74) is 7.15. The molecule has 0 saturated heterocycles. The summed E-state index contributed by atoms with van der Waals surface area (Å²) in [6.45, 7) is 4.46. The summed E-state index contributed by atoms with van der Waals surface area (Å²) >= 11 is 0. The number of carbonyl (C=O) groups excluding carboxylic acids is 2. The fraction of sp³-hybridized carbons (Fsp3) is 0.132. The molecule has 8 rings (SSSR count). The van der Waals surface area contributed by atoms with Gasteiger partial charge in [0.1, 0.15) is 17.6 Å². The van der Waals surface area contributed by atoms with E-state index in [1.54, 1.807) is 24.4 Å². The molecular formula is C38H28N2O3. The number of Topliss-reactive ketones (excluding diaryl/α,β-unsaturated/α-hetero) is 2. The molecule has 1 aliphatic heterocycles. The second-order valence-corrected chi connectivity index (χ2v) is 11.9. The Morgan fingerprint density at radius 3 is 2.33 bits per heavy atom. The first kappa shape index (κ1) is 25.4. The molecule has 1 unspecified atom stereocenters. The predicted octanol–water partition coefficient (Wildman–Crippen LogP) is 8.50. The van der Waals surface area contributed by atoms with Crippen molar-refractivity contribution in [3.05, 3.63) is 149 Å². The van der Waals surface area contributed by atoms with Gasteiger partial charge < -0.3 is 9.64 Å². The van der Waals surface area contributed by atoms with Gasteiger partial charge in [0.05, 0.1) is 11.1 Å². The average molecular weight is 561 g/mol. The van der Waals surface area contributed by atoms with Gasteiger partial charge in [0.15, 0.2) is 5.78 Å². The van der Waals surface area contributed by atoms with Crippen molar-refractivity contribution < 1.29 is 14.3 Å². The van der Waals surface area contributed by atoms with Gasteiger partial charge in [-0.3, -0.25) is 14.6 Å². The number of allylic oxidation sites excluding steroid dienone is 1. The molecule has 0 bridgehead atoms. The molecule has 0 spiro atoms. The number of hydrogen-bond acceptors (Lipinski definition) is 5. The van der Waals surface area contributed by atoms with Crippen molar-refractivity contribution in [1.29, 1.82) is 0 Å². The maximum absolute atomic E-state index is 13.0. The predicted molar refractivity (Wildman–Crippen MR) is 169 cm³/mol. The van der Waals surface area contributed by atoms with Crippen LogP contribution in [0.1, 0.15) is 52.2 Å². The fourth-order valence-corrected chi connectivity index (χ4v) is 6.79. The van der Waals surface area contributed by atoms with Crippen LogP contribution in [-0.4, -0.2) is 22.7 Å². The van der Waals surface area contributed by atoms with Gasteiger partial charge in [-0.1, -0.05) is 62.4 Å². The molecular weight excluding hydrogens is 532 g/mol. The molecule has 0 radical (unpaired) electrons. The standard InChI is InChI=1S/C38H28N2O3/c1-38(2)32-20-27(40(25-11-4-3-5-12-25)26-15-14-23-9-6-7-10-24(23)19-26)16-17-29(32)37-33(38)22-28(43-37)21-31-35(41)30-13-8-18-39-34(30)36(31)42/h3-21,28H,22H2,1-2H3/b31-21+. The Bertz CT molecular complexity index is 2020. The Morgan fingerprint density at radius 1 is 0.767 bits per heavy atom. The van der Waals surface area contributed by atoms with Crippen LogP contribution in [0.3, 0.4) is 0 Å². The Balaban J connectivity index is 1.15. The Kier molecular flexibility index (Phi) is 5.54. The van der Waals surface area contributed by atoms with Gasteiger partial charge in [0.2, 0.25) is 5.78 Å². The summed E-state index contributed by atoms with van der Waals surface area (Å²) in [5.74, 6) is 0.261. The summed E-state index contributed by atoms with van der Waals surface area (Å²) in [6.07, 6.45) is 3.48. The van der Waals surface area contributed by atoms with Gasteiger partial charge in [-0.2, -0.15) is 0 Å². The lowest BCUT2D eigenvalue weighted by Gasteiger charge is -2.29. The Hall–Kier alpha value is -5.29. The summed E-state index contributed by atoms with van der Waals surface area (Å²) < 4.78 is 6.49. The molecule has 43 heavy (non-hydrogen) atoms. The smallest absolute Gasteiger partial charge is 0.215 e. The minimum atomic E-state index is -0.382. The summed E-state index contributed by atoms with van der Waals surface area (Å²) in [7, 11) is 0. The number of nitrogens with zero attached hydrogens (tertiary/aromatic N) is 2. The number of carbonyl (C=O) groups is 2. The number of benzene rings is 4. The van der Waals surface area contributed by atoms with Crippen LogP contribution in [0, 0.1) is 0 Å². The largest absolute Gasteiger partial charge is 0.485 e. The third-order valence-corrected chi connectivity index (χ3v) is 9.00. The first-order valence-electron chi connectivity index (χ1n) is 14.6. The van der Waals surface area contributed by atoms with E-state index in [0.717, 1.165) is 28.4 Å². The van der Waals surface area contributed by atoms with Crippen LogP contribution >= 0.6 is 0 Å². The molecule has 1 atom stereocenters. The summed E-state index contributed by atoms with van der Waals surface area (Å²) in [5, 5.41) is 2.40. The number of ketones is 2. The van der Waals surface area contributed by atoms with Crippen LogP contribution in [0.4, 0.5) is 17.1 Å². The molecule has 2 aliphatic carbocycles. The van der Waals surface area contributed by atoms with E-state index in [9.17, 15) is 9.59 Å². The zero-order chi connectivity index (χ0) is 29.3. The van der Waals surface area contributed by atoms with Crippen LogP contribution in [-0.2, 0) is 10.2 Å². The molecule has 2 heterocycles. The van der Waals surface area contributed by atoms with E-state index >= 15 is 0 Å². The number of pyridine rings is 1. The number of fused-ring (bicyclic) bond motifs is 4. The van der Waals surface area contributed by atoms with Gasteiger partial charge in [-0.15, -0.1) is 0 Å². The van der Waals surface area contributed by atoms with Gasteiger partial charge in [0, 0.05) is 40.7 Å². The zero-order valence-electron chi connectivity index (χ0n) is 23.9. The number of hydrogen-bond donors (Lipinski definition) is 0. The van der Waals surface area contributed by atoms with E-state index in [1.807, 2.05) is 6.07 Å². The van der Waals surface area contributed by atoms with Gasteiger partial charge in [0.25, 0.3) is 0 Å². The maximum atomic E-state index is 13.0. The van der Waals surface area contributed by atoms with Crippen molar-refractivity contribution in [2.45, 2.75) is 31.8 Å². The molecule has 5 nitrogen and oxygen atoms in total. The van der Waals surface area contributed by atoms with Gasteiger partial charge in [-0.25, -0.2) is 0 Å². The highest BCUT2D eigenvalue weighted by molar-refractivity contribution is 6.38. The number of rotatable bonds is 4. The number of para-hydroxylation sites is 1. The lowest BCUT2D eigenvalue weighted by atomic mass is 9.79. The molecule has 0 N–H and O–H groups in total. The molecule has 0 amide bonds. The number of aromatic nitrogens is 1. The first-order valence-corrected chi connectivity index (χ1v) is 14.6. The van der Waals surface area contributed by atoms with Crippen molar-refractivity contribution in [2.24, 2.45) is 0 Å². The minimum absolute atomic E-state index is 0.155. The second-order valence-electron chi connectivity index (χ2n) is 11.9. The topological polar surface area (TPSA) is 59.5 Å². The van der Waals surface area contributed by atoms with Gasteiger partial charge in [-0.05, 0) is 82.6 Å². The van der Waals surface area contributed by atoms with Crippen LogP contribution in [0.25, 0.3) is 16.5 Å². The highest BCUT2D eigenvalue weighted by atomic mass is 16.5. The average Bonchev–Trinajstić information content (AvgIpc) is 3.63. The van der Waals surface area contributed by atoms with Crippen LogP contribution in [0.2, 0.25) is 0 Å². The van der Waals surface area contributed by atoms with Crippen molar-refractivity contribution >= 4 is 45.2 Å². The highest BCUT2D eigenvalue weighted by Gasteiger charge is 2.45. The van der Waals surface area contributed by atoms with Gasteiger partial charge >= 0.3 is 0 Å². The quantitative estimate of drug-likeness (QED) is 0.163. The van der Waals surface area contributed by atoms with E-state index in [1.165, 1.54) is 21.9 Å². The number of ether oxygens (including phenoxy) is 1. The Morgan fingerprint density at radius 2 is 1.51 bits per heavy atom. The highest BCUT2D eigenvalue weighted by Crippen LogP contribution is 2.54. The molecule has 0 fully saturated rings. The monoisotopic (exact) mass is 560 g/mol. The molecule has 1 aromatic heterocycles. The van der Waals surface area contributed by atoms with Crippen molar-refractivity contribution in [3.63, 3.8) is 0 Å². The molecule has 208 valence electrons. The third-order valence-electron chi connectivity index (χ3n) is 9.00.